The summed E-state index contributed by atoms with van der Waals surface area (Å²) in [6.07, 6.45) is 2.50. The molecular formula is C42H53N5O6. The molecule has 4 amide bonds. The van der Waals surface area contributed by atoms with Gasteiger partial charge in [-0.25, -0.2) is 4.79 Å². The second-order valence-electron chi connectivity index (χ2n) is 14.4. The van der Waals surface area contributed by atoms with E-state index in [0.717, 1.165) is 27.6 Å². The van der Waals surface area contributed by atoms with Gasteiger partial charge in [-0.3, -0.25) is 14.6 Å². The molecule has 0 spiro atoms. The van der Waals surface area contributed by atoms with Crippen LogP contribution in [0.15, 0.2) is 91.1 Å². The lowest BCUT2D eigenvalue weighted by Crippen LogP contribution is -2.54. The number of nitrogens with one attached hydrogen (secondary N) is 3. The zero-order chi connectivity index (χ0) is 37.8. The van der Waals surface area contributed by atoms with Crippen LogP contribution in [0.2, 0.25) is 0 Å². The molecule has 1 saturated carbocycles. The molecule has 1 aliphatic carbocycles. The number of nitrogens with zero attached hydrogens (tertiary/aromatic N) is 2. The Hall–Kier alpha value is -5.00. The highest BCUT2D eigenvalue weighted by atomic mass is 16.7. The lowest BCUT2D eigenvalue weighted by atomic mass is 10.0. The zero-order valence-electron chi connectivity index (χ0n) is 31.5. The molecule has 1 fully saturated rings. The molecule has 3 aromatic carbocycles. The van der Waals surface area contributed by atoms with Crippen LogP contribution in [0.5, 0.6) is 5.75 Å². The molecule has 5 rings (SSSR count). The third kappa shape index (κ3) is 11.5. The molecule has 0 bridgehead atoms. The number of fused-ring (bicyclic) bond motifs is 1. The van der Waals surface area contributed by atoms with Gasteiger partial charge in [0.1, 0.15) is 17.4 Å². The molecule has 53 heavy (non-hydrogen) atoms. The van der Waals surface area contributed by atoms with Crippen molar-refractivity contribution in [2.45, 2.75) is 84.9 Å². The molecule has 1 unspecified atom stereocenters. The Balaban J connectivity index is 1.38. The molecule has 0 saturated heterocycles. The minimum atomic E-state index is -0.923. The average molecular weight is 724 g/mol. The van der Waals surface area contributed by atoms with Crippen molar-refractivity contribution < 1.29 is 28.6 Å². The summed E-state index contributed by atoms with van der Waals surface area (Å²) >= 11 is 0. The molecule has 11 heteroatoms. The predicted octanol–water partition coefficient (Wildman–Crippen LogP) is 6.15. The third-order valence-corrected chi connectivity index (χ3v) is 9.07. The molecule has 4 aromatic rings. The van der Waals surface area contributed by atoms with E-state index in [0.29, 0.717) is 38.3 Å². The van der Waals surface area contributed by atoms with Gasteiger partial charge in [0.2, 0.25) is 11.8 Å². The van der Waals surface area contributed by atoms with Crippen LogP contribution in [0.1, 0.15) is 64.2 Å². The van der Waals surface area contributed by atoms with E-state index < -0.39 is 17.7 Å². The predicted molar refractivity (Wildman–Crippen MR) is 205 cm³/mol. The van der Waals surface area contributed by atoms with Crippen LogP contribution in [0.4, 0.5) is 4.79 Å². The van der Waals surface area contributed by atoms with Crippen LogP contribution in [-0.2, 0) is 38.6 Å². The maximum Gasteiger partial charge on any atom is 0.315 e. The minimum Gasteiger partial charge on any atom is -0.488 e. The van der Waals surface area contributed by atoms with E-state index in [2.05, 4.69) is 20.9 Å². The van der Waals surface area contributed by atoms with Gasteiger partial charge in [-0.15, -0.1) is 0 Å². The number of rotatable bonds is 18. The Labute approximate surface area is 312 Å². The summed E-state index contributed by atoms with van der Waals surface area (Å²) in [6.45, 7) is 11.4. The van der Waals surface area contributed by atoms with Crippen LogP contribution >= 0.6 is 0 Å². The summed E-state index contributed by atoms with van der Waals surface area (Å²) in [4.78, 5) is 47.9. The van der Waals surface area contributed by atoms with Crippen LogP contribution in [0.25, 0.3) is 10.9 Å². The number of ether oxygens (including phenoxy) is 3. The quantitative estimate of drug-likeness (QED) is 0.105. The van der Waals surface area contributed by atoms with Gasteiger partial charge in [0.15, 0.2) is 6.29 Å². The first-order valence-electron chi connectivity index (χ1n) is 18.5. The molecular weight excluding hydrogens is 670 g/mol. The summed E-state index contributed by atoms with van der Waals surface area (Å²) in [5.41, 5.74) is 2.30. The van der Waals surface area contributed by atoms with Crippen LogP contribution in [0.3, 0.4) is 0 Å². The molecule has 1 aliphatic rings. The van der Waals surface area contributed by atoms with Gasteiger partial charge in [-0.1, -0.05) is 66.7 Å². The summed E-state index contributed by atoms with van der Waals surface area (Å²) < 4.78 is 17.8. The zero-order valence-corrected chi connectivity index (χ0v) is 31.5. The van der Waals surface area contributed by atoms with Crippen LogP contribution in [0, 0.1) is 5.41 Å². The number of amides is 4. The van der Waals surface area contributed by atoms with Gasteiger partial charge in [0.05, 0.1) is 17.5 Å². The highest BCUT2D eigenvalue weighted by Gasteiger charge is 2.51. The first-order valence-corrected chi connectivity index (χ1v) is 18.5. The van der Waals surface area contributed by atoms with E-state index in [1.54, 1.807) is 11.1 Å². The molecule has 1 atom stereocenters. The first-order chi connectivity index (χ1) is 25.5. The lowest BCUT2D eigenvalue weighted by Gasteiger charge is -2.32. The SMILES string of the molecule is CCOC(CN(Cc1cccc2cccnc12)C(=O)C(Cc1ccc(OC(C)(C)C)cc1)NC(=O)C1(CNC(=O)NCc2ccccc2)CC1)OCC. The summed E-state index contributed by atoms with van der Waals surface area (Å²) in [7, 11) is 0. The van der Waals surface area contributed by atoms with Crippen molar-refractivity contribution in [3.05, 3.63) is 108 Å². The summed E-state index contributed by atoms with van der Waals surface area (Å²) in [5.74, 6) is 0.156. The first kappa shape index (κ1) is 39.2. The van der Waals surface area contributed by atoms with Crippen molar-refractivity contribution in [2.75, 3.05) is 26.3 Å². The minimum absolute atomic E-state index is 0.142. The normalized spacial score (nSPS) is 14.0. The van der Waals surface area contributed by atoms with E-state index in [9.17, 15) is 14.4 Å². The Morgan fingerprint density at radius 3 is 2.21 bits per heavy atom. The van der Waals surface area contributed by atoms with Gasteiger partial charge >= 0.3 is 6.03 Å². The third-order valence-electron chi connectivity index (χ3n) is 9.07. The van der Waals surface area contributed by atoms with Gasteiger partial charge in [-0.05, 0) is 82.3 Å². The van der Waals surface area contributed by atoms with Crippen LogP contribution in [-0.4, -0.2) is 72.0 Å². The number of carbonyl (C=O) groups excluding carboxylic acids is 3. The topological polar surface area (TPSA) is 131 Å². The monoisotopic (exact) mass is 723 g/mol. The number of para-hydroxylation sites is 1. The van der Waals surface area contributed by atoms with E-state index in [4.69, 9.17) is 14.2 Å². The van der Waals surface area contributed by atoms with E-state index in [1.165, 1.54) is 0 Å². The van der Waals surface area contributed by atoms with Gasteiger partial charge in [0, 0.05) is 50.9 Å². The highest BCUT2D eigenvalue weighted by molar-refractivity contribution is 5.92. The standard InChI is InChI=1S/C42H53N5O6/c1-6-51-36(52-7-2)28-47(27-33-16-11-15-32-17-12-24-43-37(32)33)38(48)35(25-30-18-20-34(21-19-30)53-41(3,4)5)46-39(49)42(22-23-42)29-45-40(50)44-26-31-13-9-8-10-14-31/h8-21,24,35-36H,6-7,22-23,25-29H2,1-5H3,(H,46,49)(H2,44,45,50). The van der Waals surface area contributed by atoms with Crippen molar-refractivity contribution >= 4 is 28.7 Å². The molecule has 282 valence electrons. The summed E-state index contributed by atoms with van der Waals surface area (Å²) in [5, 5.41) is 9.81. The number of pyridine rings is 1. The number of carbonyl (C=O) groups is 3. The van der Waals surface area contributed by atoms with Crippen molar-refractivity contribution in [3.63, 3.8) is 0 Å². The molecule has 0 aliphatic heterocycles. The molecule has 3 N–H and O–H groups in total. The van der Waals surface area contributed by atoms with Gasteiger partial charge in [0.25, 0.3) is 0 Å². The highest BCUT2D eigenvalue weighted by Crippen LogP contribution is 2.45. The van der Waals surface area contributed by atoms with Crippen LogP contribution < -0.4 is 20.7 Å². The Morgan fingerprint density at radius 1 is 0.849 bits per heavy atom. The molecule has 0 radical (unpaired) electrons. The number of hydrogen-bond donors (Lipinski definition) is 3. The number of hydrogen-bond acceptors (Lipinski definition) is 7. The fourth-order valence-electron chi connectivity index (χ4n) is 6.18. The van der Waals surface area contributed by atoms with Gasteiger partial charge < -0.3 is 35.1 Å². The Bertz CT molecular complexity index is 1800. The van der Waals surface area contributed by atoms with Gasteiger partial charge in [-0.2, -0.15) is 0 Å². The summed E-state index contributed by atoms with van der Waals surface area (Å²) in [6, 6.07) is 25.7. The second-order valence-corrected chi connectivity index (χ2v) is 14.4. The Morgan fingerprint density at radius 2 is 1.55 bits per heavy atom. The second kappa shape index (κ2) is 18.2. The smallest absolute Gasteiger partial charge is 0.315 e. The largest absolute Gasteiger partial charge is 0.488 e. The van der Waals surface area contributed by atoms with Crippen molar-refractivity contribution in [2.24, 2.45) is 5.41 Å². The number of urea groups is 1. The maximum absolute atomic E-state index is 14.8. The Kier molecular flexibility index (Phi) is 13.4. The molecule has 1 heterocycles. The average Bonchev–Trinajstić information content (AvgIpc) is 3.94. The molecule has 1 aromatic heterocycles. The lowest BCUT2D eigenvalue weighted by molar-refractivity contribution is -0.161. The van der Waals surface area contributed by atoms with E-state index in [1.807, 2.05) is 120 Å². The van der Waals surface area contributed by atoms with Crippen molar-refractivity contribution in [1.82, 2.24) is 25.8 Å². The fourth-order valence-corrected chi connectivity index (χ4v) is 6.18. The van der Waals surface area contributed by atoms with E-state index in [-0.39, 0.29) is 49.5 Å². The fraction of sp³-hybridized carbons (Fsp3) is 0.429. The molecule has 11 nitrogen and oxygen atoms in total. The van der Waals surface area contributed by atoms with E-state index >= 15 is 0 Å². The number of aromatic nitrogens is 1. The number of benzene rings is 3. The van der Waals surface area contributed by atoms with Crippen molar-refractivity contribution in [3.8, 4) is 5.75 Å². The maximum atomic E-state index is 14.8. The van der Waals surface area contributed by atoms with Crippen molar-refractivity contribution in [1.29, 1.82) is 0 Å².